The Morgan fingerprint density at radius 2 is 2.24 bits per heavy atom. The number of terminal acetylenes is 1. The van der Waals surface area contributed by atoms with Gasteiger partial charge in [-0.1, -0.05) is 18.1 Å². The van der Waals surface area contributed by atoms with Crippen LogP contribution in [0.2, 0.25) is 0 Å². The van der Waals surface area contributed by atoms with Gasteiger partial charge >= 0.3 is 13.5 Å². The number of alkyl halides is 1. The van der Waals surface area contributed by atoms with E-state index in [1.165, 1.54) is 13.2 Å². The second-order valence-corrected chi connectivity index (χ2v) is 8.41. The number of halogens is 1. The van der Waals surface area contributed by atoms with Crippen molar-refractivity contribution in [3.05, 3.63) is 56.4 Å². The van der Waals surface area contributed by atoms with Gasteiger partial charge in [0.1, 0.15) is 24.3 Å². The van der Waals surface area contributed by atoms with Crippen LogP contribution in [-0.2, 0) is 25.0 Å². The number of aliphatic hydroxyl groups excluding tert-OH is 2. The van der Waals surface area contributed by atoms with Crippen LogP contribution >= 0.6 is 7.82 Å². The summed E-state index contributed by atoms with van der Waals surface area (Å²) in [6, 6.07) is 4.59. The van der Waals surface area contributed by atoms with E-state index in [0.29, 0.717) is 10.1 Å². The van der Waals surface area contributed by atoms with Crippen LogP contribution < -0.4 is 20.5 Å². The summed E-state index contributed by atoms with van der Waals surface area (Å²) >= 11 is 0. The standard InChI is InChI=1S/C19H18FN2O10P/c1-3-10-7-22(18(26)21-16(10)25)17-13(23)15(24)19(20,31-17)9-30-33(27)29-8-11-5-4-6-12(28-2)14(11)32-33/h1,4-7,13,15,17,23-24H,8-9H2,2H3,(H,21,25,26)/t13-,15+,17-,19-,33?/m1/s1/i9D2. The van der Waals surface area contributed by atoms with Crippen LogP contribution in [0.15, 0.2) is 34.0 Å². The van der Waals surface area contributed by atoms with Gasteiger partial charge in [0.05, 0.1) is 16.5 Å². The first kappa shape index (κ1) is 20.6. The third kappa shape index (κ3) is 4.08. The number of rotatable bonds is 5. The van der Waals surface area contributed by atoms with Crippen molar-refractivity contribution in [2.75, 3.05) is 13.7 Å². The first-order valence-corrected chi connectivity index (χ1v) is 10.7. The summed E-state index contributed by atoms with van der Waals surface area (Å²) in [5, 5.41) is 20.7. The lowest BCUT2D eigenvalue weighted by atomic mass is 10.1. The fraction of sp³-hybridized carbons (Fsp3) is 0.368. The number of hydrogen-bond acceptors (Lipinski definition) is 10. The quantitative estimate of drug-likeness (QED) is 0.393. The Labute approximate surface area is 187 Å². The Hall–Kier alpha value is -2.98. The summed E-state index contributed by atoms with van der Waals surface area (Å²) < 4.78 is 70.3. The third-order valence-electron chi connectivity index (χ3n) is 4.84. The second kappa shape index (κ2) is 8.42. The number of aromatic amines is 1. The fourth-order valence-electron chi connectivity index (χ4n) is 3.16. The Kier molecular flexibility index (Phi) is 5.26. The third-order valence-corrected chi connectivity index (χ3v) is 6.01. The summed E-state index contributed by atoms with van der Waals surface area (Å²) in [5.41, 5.74) is -2.17. The van der Waals surface area contributed by atoms with Crippen LogP contribution in [0.3, 0.4) is 0 Å². The molecular formula is C19H18FN2O10P. The molecule has 0 bridgehead atoms. The molecule has 5 atom stereocenters. The average Bonchev–Trinajstić information content (AvgIpc) is 3.03. The van der Waals surface area contributed by atoms with E-state index in [2.05, 4.69) is 0 Å². The van der Waals surface area contributed by atoms with E-state index in [0.717, 1.165) is 6.20 Å². The molecule has 1 unspecified atom stereocenters. The van der Waals surface area contributed by atoms with E-state index in [9.17, 15) is 24.4 Å². The van der Waals surface area contributed by atoms with Crippen molar-refractivity contribution >= 4 is 7.82 Å². The van der Waals surface area contributed by atoms with Gasteiger partial charge in [-0.25, -0.2) is 13.8 Å². The highest BCUT2D eigenvalue weighted by atomic mass is 31.2. The lowest BCUT2D eigenvalue weighted by Crippen LogP contribution is -2.43. The van der Waals surface area contributed by atoms with Crippen molar-refractivity contribution in [3.63, 3.8) is 0 Å². The van der Waals surface area contributed by atoms with Crippen molar-refractivity contribution in [2.45, 2.75) is 30.9 Å². The van der Waals surface area contributed by atoms with Crippen LogP contribution in [0.25, 0.3) is 0 Å². The van der Waals surface area contributed by atoms with E-state index in [4.69, 9.17) is 32.2 Å². The highest BCUT2D eigenvalue weighted by Crippen LogP contribution is 2.57. The number of benzene rings is 1. The summed E-state index contributed by atoms with van der Waals surface area (Å²) in [7, 11) is -3.58. The van der Waals surface area contributed by atoms with Crippen LogP contribution in [-0.4, -0.2) is 51.5 Å². The molecular weight excluding hydrogens is 466 g/mol. The Morgan fingerprint density at radius 1 is 1.48 bits per heavy atom. The molecule has 0 saturated carbocycles. The van der Waals surface area contributed by atoms with Gasteiger partial charge in [-0.05, 0) is 6.07 Å². The van der Waals surface area contributed by atoms with E-state index in [-0.39, 0.29) is 18.1 Å². The van der Waals surface area contributed by atoms with Crippen LogP contribution in [0.4, 0.5) is 4.39 Å². The molecule has 0 amide bonds. The number of aromatic nitrogens is 2. The minimum absolute atomic E-state index is 0.0966. The minimum atomic E-state index is -4.88. The zero-order valence-electron chi connectivity index (χ0n) is 18.8. The summed E-state index contributed by atoms with van der Waals surface area (Å²) in [5.74, 6) is -1.93. The molecule has 0 radical (unpaired) electrons. The summed E-state index contributed by atoms with van der Waals surface area (Å²) in [4.78, 5) is 25.7. The van der Waals surface area contributed by atoms with Crippen molar-refractivity contribution in [2.24, 2.45) is 0 Å². The molecule has 2 aliphatic heterocycles. The number of para-hydroxylation sites is 1. The molecule has 1 aromatic heterocycles. The number of aliphatic hydroxyl groups is 2. The van der Waals surface area contributed by atoms with Gasteiger partial charge in [0, 0.05) is 11.8 Å². The zero-order chi connectivity index (χ0) is 25.8. The summed E-state index contributed by atoms with van der Waals surface area (Å²) in [6.07, 6.45) is -1.08. The van der Waals surface area contributed by atoms with Crippen molar-refractivity contribution in [1.29, 1.82) is 0 Å². The molecule has 0 spiro atoms. The SMILES string of the molecule is [2H]C([2H])(OP1(=O)OCc2cccc(OC)c2O1)[C@@]1(F)O[C@@H](n2cc(C#C)c(=O)[nH]c2=O)[C@H](O)[C@@H]1O. The zero-order valence-corrected chi connectivity index (χ0v) is 17.7. The molecule has 3 heterocycles. The molecule has 1 fully saturated rings. The maximum atomic E-state index is 15.8. The highest BCUT2D eigenvalue weighted by Gasteiger charge is 2.57. The van der Waals surface area contributed by atoms with Crippen LogP contribution in [0.5, 0.6) is 11.5 Å². The molecule has 4 rings (SSSR count). The maximum Gasteiger partial charge on any atom is 0.530 e. The minimum Gasteiger partial charge on any atom is -0.493 e. The van der Waals surface area contributed by atoms with E-state index in [1.807, 2.05) is 10.9 Å². The Bertz CT molecular complexity index is 1360. The molecule has 0 aliphatic carbocycles. The number of phosphoric ester groups is 1. The number of methoxy groups -OCH3 is 1. The number of nitrogens with one attached hydrogen (secondary N) is 1. The smallest absolute Gasteiger partial charge is 0.493 e. The number of hydrogen-bond donors (Lipinski definition) is 3. The highest BCUT2D eigenvalue weighted by molar-refractivity contribution is 7.49. The topological polar surface area (TPSA) is 159 Å². The first-order valence-electron chi connectivity index (χ1n) is 10.2. The maximum absolute atomic E-state index is 15.8. The molecule has 176 valence electrons. The number of ether oxygens (including phenoxy) is 2. The molecule has 33 heavy (non-hydrogen) atoms. The van der Waals surface area contributed by atoms with Gasteiger partial charge in [-0.3, -0.25) is 23.4 Å². The fourth-order valence-corrected chi connectivity index (χ4v) is 4.27. The predicted octanol–water partition coefficient (Wildman–Crippen LogP) is 0.177. The Morgan fingerprint density at radius 3 is 2.94 bits per heavy atom. The van der Waals surface area contributed by atoms with Crippen molar-refractivity contribution in [3.8, 4) is 23.8 Å². The molecule has 2 aromatic rings. The van der Waals surface area contributed by atoms with E-state index in [1.54, 1.807) is 12.1 Å². The molecule has 3 N–H and O–H groups in total. The van der Waals surface area contributed by atoms with E-state index < -0.39 is 55.5 Å². The molecule has 1 saturated heterocycles. The van der Waals surface area contributed by atoms with Crippen molar-refractivity contribution in [1.82, 2.24) is 9.55 Å². The van der Waals surface area contributed by atoms with Crippen LogP contribution in [0.1, 0.15) is 20.1 Å². The number of fused-ring (bicyclic) bond motifs is 1. The predicted molar refractivity (Wildman–Crippen MR) is 107 cm³/mol. The lowest BCUT2D eigenvalue weighted by molar-refractivity contribution is -0.205. The van der Waals surface area contributed by atoms with Crippen molar-refractivity contribution < 1.29 is 45.0 Å². The van der Waals surface area contributed by atoms with Gasteiger partial charge in [-0.15, -0.1) is 6.42 Å². The lowest BCUT2D eigenvalue weighted by Gasteiger charge is -2.28. The first-order chi connectivity index (χ1) is 16.4. The number of nitrogens with zero attached hydrogens (tertiary/aromatic N) is 1. The summed E-state index contributed by atoms with van der Waals surface area (Å²) in [6.45, 7) is -4.16. The van der Waals surface area contributed by atoms with Gasteiger partial charge in [0.25, 0.3) is 11.4 Å². The molecule has 14 heteroatoms. The van der Waals surface area contributed by atoms with Crippen LogP contribution in [0, 0.1) is 12.3 Å². The molecule has 2 aliphatic rings. The monoisotopic (exact) mass is 486 g/mol. The number of phosphoric acid groups is 1. The average molecular weight is 486 g/mol. The van der Waals surface area contributed by atoms with Gasteiger partial charge in [0.15, 0.2) is 17.7 Å². The van der Waals surface area contributed by atoms with Gasteiger partial charge in [-0.2, -0.15) is 0 Å². The van der Waals surface area contributed by atoms with E-state index >= 15 is 4.39 Å². The molecule has 12 nitrogen and oxygen atoms in total. The second-order valence-electron chi connectivity index (χ2n) is 6.90. The normalized spacial score (nSPS) is 32.2. The van der Waals surface area contributed by atoms with Gasteiger partial charge in [0.2, 0.25) is 0 Å². The number of H-pyrrole nitrogens is 1. The molecule has 1 aromatic carbocycles. The largest absolute Gasteiger partial charge is 0.530 e. The van der Waals surface area contributed by atoms with Gasteiger partial charge < -0.3 is 24.2 Å². The Balaban J connectivity index is 1.65.